The lowest BCUT2D eigenvalue weighted by Gasteiger charge is -2.04. The number of aryl methyl sites for hydroxylation is 1. The van der Waals surface area contributed by atoms with Crippen molar-refractivity contribution in [1.82, 2.24) is 0 Å². The number of carboxylic acids is 1. The molecule has 0 aliphatic heterocycles. The fourth-order valence-corrected chi connectivity index (χ4v) is 2.44. The van der Waals surface area contributed by atoms with E-state index in [1.807, 2.05) is 31.2 Å². The van der Waals surface area contributed by atoms with E-state index in [4.69, 9.17) is 5.11 Å². The maximum atomic E-state index is 11.5. The van der Waals surface area contributed by atoms with Gasteiger partial charge < -0.3 is 5.11 Å². The summed E-state index contributed by atoms with van der Waals surface area (Å²) >= 11 is 0. The third-order valence-electron chi connectivity index (χ3n) is 2.12. The molecule has 15 heavy (non-hydrogen) atoms. The molecule has 0 aromatic heterocycles. The molecule has 0 saturated carbocycles. The van der Waals surface area contributed by atoms with Crippen molar-refractivity contribution >= 4 is 16.8 Å². The van der Waals surface area contributed by atoms with Crippen molar-refractivity contribution in [1.29, 1.82) is 0 Å². The SMILES string of the molecule is Cc1ccccc1CS(=O)CCC(=O)O. The van der Waals surface area contributed by atoms with Crippen LogP contribution in [-0.2, 0) is 21.3 Å². The van der Waals surface area contributed by atoms with Crippen molar-refractivity contribution in [3.05, 3.63) is 35.4 Å². The number of hydrogen-bond donors (Lipinski definition) is 1. The van der Waals surface area contributed by atoms with Gasteiger partial charge in [0.15, 0.2) is 0 Å². The molecule has 0 aliphatic carbocycles. The molecule has 0 amide bonds. The molecule has 1 rings (SSSR count). The summed E-state index contributed by atoms with van der Waals surface area (Å²) in [7, 11) is -1.08. The lowest BCUT2D eigenvalue weighted by Crippen LogP contribution is -2.07. The van der Waals surface area contributed by atoms with Crippen molar-refractivity contribution in [2.75, 3.05) is 5.75 Å². The smallest absolute Gasteiger partial charge is 0.304 e. The van der Waals surface area contributed by atoms with E-state index in [1.165, 1.54) is 0 Å². The number of benzene rings is 1. The first kappa shape index (κ1) is 11.9. The first-order valence-electron chi connectivity index (χ1n) is 4.71. The monoisotopic (exact) mass is 226 g/mol. The molecule has 1 atom stereocenters. The first-order valence-corrected chi connectivity index (χ1v) is 6.19. The van der Waals surface area contributed by atoms with Crippen molar-refractivity contribution in [2.45, 2.75) is 19.1 Å². The lowest BCUT2D eigenvalue weighted by molar-refractivity contribution is -0.136. The Morgan fingerprint density at radius 2 is 2.07 bits per heavy atom. The van der Waals surface area contributed by atoms with Crippen LogP contribution in [0.1, 0.15) is 17.5 Å². The van der Waals surface area contributed by atoms with E-state index in [2.05, 4.69) is 0 Å². The summed E-state index contributed by atoms with van der Waals surface area (Å²) in [6.07, 6.45) is -0.0293. The second-order valence-corrected chi connectivity index (χ2v) is 4.94. The number of carboxylic acid groups (broad SMARTS) is 1. The van der Waals surface area contributed by atoms with Crippen molar-refractivity contribution in [2.24, 2.45) is 0 Å². The Balaban J connectivity index is 2.52. The highest BCUT2D eigenvalue weighted by Crippen LogP contribution is 2.10. The van der Waals surface area contributed by atoms with Crippen LogP contribution in [0.15, 0.2) is 24.3 Å². The summed E-state index contributed by atoms with van der Waals surface area (Å²) in [5.41, 5.74) is 2.13. The Morgan fingerprint density at radius 3 is 2.67 bits per heavy atom. The average Bonchev–Trinajstić information content (AvgIpc) is 2.18. The quantitative estimate of drug-likeness (QED) is 0.831. The van der Waals surface area contributed by atoms with Gasteiger partial charge in [0.1, 0.15) is 0 Å². The molecule has 4 heteroatoms. The maximum absolute atomic E-state index is 11.5. The van der Waals surface area contributed by atoms with Crippen LogP contribution in [0.3, 0.4) is 0 Å². The van der Waals surface area contributed by atoms with Gasteiger partial charge in [0.2, 0.25) is 0 Å². The normalized spacial score (nSPS) is 12.3. The fourth-order valence-electron chi connectivity index (χ4n) is 1.22. The Kier molecular flexibility index (Phi) is 4.49. The largest absolute Gasteiger partial charge is 0.481 e. The zero-order valence-electron chi connectivity index (χ0n) is 8.60. The number of carbonyl (C=O) groups is 1. The predicted molar refractivity (Wildman–Crippen MR) is 60.1 cm³/mol. The van der Waals surface area contributed by atoms with Crippen LogP contribution in [0.2, 0.25) is 0 Å². The minimum atomic E-state index is -1.08. The third kappa shape index (κ3) is 4.25. The van der Waals surface area contributed by atoms with E-state index >= 15 is 0 Å². The van der Waals surface area contributed by atoms with E-state index < -0.39 is 16.8 Å². The zero-order chi connectivity index (χ0) is 11.3. The highest BCUT2D eigenvalue weighted by molar-refractivity contribution is 7.84. The van der Waals surface area contributed by atoms with Crippen LogP contribution in [0.4, 0.5) is 0 Å². The summed E-state index contributed by atoms with van der Waals surface area (Å²) in [6, 6.07) is 7.72. The molecular weight excluding hydrogens is 212 g/mol. The molecule has 0 spiro atoms. The first-order chi connectivity index (χ1) is 7.09. The van der Waals surface area contributed by atoms with Crippen LogP contribution < -0.4 is 0 Å². The Bertz CT molecular complexity index is 374. The van der Waals surface area contributed by atoms with Crippen molar-refractivity contribution in [3.63, 3.8) is 0 Å². The minimum absolute atomic E-state index is 0.0293. The standard InChI is InChI=1S/C11H14O3S/c1-9-4-2-3-5-10(9)8-15(14)7-6-11(12)13/h2-5H,6-8H2,1H3,(H,12,13). The molecule has 0 aliphatic rings. The van der Waals surface area contributed by atoms with Crippen LogP contribution in [0, 0.1) is 6.92 Å². The second-order valence-electron chi connectivity index (χ2n) is 3.36. The molecule has 0 bridgehead atoms. The summed E-state index contributed by atoms with van der Waals surface area (Å²) in [5.74, 6) is -0.225. The van der Waals surface area contributed by atoms with Crippen LogP contribution in [0.25, 0.3) is 0 Å². The van der Waals surface area contributed by atoms with Gasteiger partial charge >= 0.3 is 5.97 Å². The summed E-state index contributed by atoms with van der Waals surface area (Å²) in [5, 5.41) is 8.45. The summed E-state index contributed by atoms with van der Waals surface area (Å²) in [4.78, 5) is 10.3. The van der Waals surface area contributed by atoms with Gasteiger partial charge in [0.25, 0.3) is 0 Å². The molecule has 1 aromatic carbocycles. The molecule has 1 unspecified atom stereocenters. The lowest BCUT2D eigenvalue weighted by atomic mass is 10.1. The predicted octanol–water partition coefficient (Wildman–Crippen LogP) is 1.72. The highest BCUT2D eigenvalue weighted by atomic mass is 32.2. The van der Waals surface area contributed by atoms with Gasteiger partial charge in [-0.25, -0.2) is 0 Å². The second kappa shape index (κ2) is 5.66. The Morgan fingerprint density at radius 1 is 1.40 bits per heavy atom. The zero-order valence-corrected chi connectivity index (χ0v) is 9.42. The van der Waals surface area contributed by atoms with E-state index in [0.29, 0.717) is 5.75 Å². The molecule has 0 fully saturated rings. The molecule has 82 valence electrons. The van der Waals surface area contributed by atoms with E-state index in [9.17, 15) is 9.00 Å². The number of aliphatic carboxylic acids is 1. The van der Waals surface area contributed by atoms with Gasteiger partial charge in [0.05, 0.1) is 6.42 Å². The van der Waals surface area contributed by atoms with Crippen molar-refractivity contribution < 1.29 is 14.1 Å². The molecule has 0 radical (unpaired) electrons. The topological polar surface area (TPSA) is 54.4 Å². The average molecular weight is 226 g/mol. The Labute approximate surface area is 91.6 Å². The summed E-state index contributed by atoms with van der Waals surface area (Å²) in [6.45, 7) is 1.96. The molecule has 1 N–H and O–H groups in total. The van der Waals surface area contributed by atoms with Crippen LogP contribution in [0.5, 0.6) is 0 Å². The van der Waals surface area contributed by atoms with E-state index in [0.717, 1.165) is 11.1 Å². The maximum Gasteiger partial charge on any atom is 0.304 e. The van der Waals surface area contributed by atoms with Gasteiger partial charge in [-0.15, -0.1) is 0 Å². The van der Waals surface area contributed by atoms with Crippen LogP contribution >= 0.6 is 0 Å². The van der Waals surface area contributed by atoms with Gasteiger partial charge in [-0.05, 0) is 18.1 Å². The van der Waals surface area contributed by atoms with Gasteiger partial charge in [-0.3, -0.25) is 9.00 Å². The number of rotatable bonds is 5. The van der Waals surface area contributed by atoms with Gasteiger partial charge in [-0.2, -0.15) is 0 Å². The molecule has 0 heterocycles. The van der Waals surface area contributed by atoms with Gasteiger partial charge in [0, 0.05) is 22.3 Å². The van der Waals surface area contributed by atoms with E-state index in [-0.39, 0.29) is 12.2 Å². The van der Waals surface area contributed by atoms with Crippen LogP contribution in [-0.4, -0.2) is 21.0 Å². The number of hydrogen-bond acceptors (Lipinski definition) is 2. The minimum Gasteiger partial charge on any atom is -0.481 e. The van der Waals surface area contributed by atoms with Gasteiger partial charge in [-0.1, -0.05) is 24.3 Å². The molecule has 3 nitrogen and oxygen atoms in total. The highest BCUT2D eigenvalue weighted by Gasteiger charge is 2.06. The van der Waals surface area contributed by atoms with Crippen molar-refractivity contribution in [3.8, 4) is 0 Å². The molecule has 1 aromatic rings. The Hall–Kier alpha value is -1.16. The molecular formula is C11H14O3S. The van der Waals surface area contributed by atoms with E-state index in [1.54, 1.807) is 0 Å². The third-order valence-corrected chi connectivity index (χ3v) is 3.41. The fraction of sp³-hybridized carbons (Fsp3) is 0.364. The molecule has 0 saturated heterocycles. The summed E-state index contributed by atoms with van der Waals surface area (Å²) < 4.78 is 11.5.